The molecule has 25 heavy (non-hydrogen) atoms. The average Bonchev–Trinajstić information content (AvgIpc) is 2.60. The number of carboxylic acid groups (broad SMARTS) is 1. The molecule has 2 amide bonds. The van der Waals surface area contributed by atoms with Crippen LogP contribution in [0.15, 0.2) is 24.3 Å². The molecule has 2 N–H and O–H groups in total. The summed E-state index contributed by atoms with van der Waals surface area (Å²) in [5.74, 6) is -1.64. The highest BCUT2D eigenvalue weighted by Gasteiger charge is 2.32. The predicted octanol–water partition coefficient (Wildman–Crippen LogP) is 1.53. The molecule has 0 aromatic heterocycles. The fraction of sp³-hybridized carbons (Fsp3) is 0.500. The van der Waals surface area contributed by atoms with Crippen LogP contribution in [0.4, 0.5) is 0 Å². The fourth-order valence-corrected chi connectivity index (χ4v) is 2.94. The molecule has 7 heteroatoms. The molecule has 1 saturated heterocycles. The van der Waals surface area contributed by atoms with Crippen LogP contribution in [0.5, 0.6) is 5.75 Å². The average molecular weight is 348 g/mol. The van der Waals surface area contributed by atoms with E-state index in [-0.39, 0.29) is 25.0 Å². The van der Waals surface area contributed by atoms with Crippen LogP contribution in [0.3, 0.4) is 0 Å². The second-order valence-corrected chi connectivity index (χ2v) is 6.12. The highest BCUT2D eigenvalue weighted by atomic mass is 16.5. The maximum atomic E-state index is 12.4. The lowest BCUT2D eigenvalue weighted by Gasteiger charge is -2.36. The topological polar surface area (TPSA) is 95.9 Å². The normalized spacial score (nSPS) is 20.0. The SMILES string of the molecule is CCOc1ccccc1C(=O)NCC(=O)N1CC(C(=O)O)CCC1C. The number of amides is 2. The molecule has 136 valence electrons. The van der Waals surface area contributed by atoms with Crippen LogP contribution in [0.2, 0.25) is 0 Å². The number of aliphatic carboxylic acids is 1. The van der Waals surface area contributed by atoms with Gasteiger partial charge in [0, 0.05) is 12.6 Å². The number of ether oxygens (including phenoxy) is 1. The zero-order valence-electron chi connectivity index (χ0n) is 14.5. The third-order valence-corrected chi connectivity index (χ3v) is 4.38. The van der Waals surface area contributed by atoms with E-state index in [1.165, 1.54) is 4.90 Å². The molecular formula is C18H24N2O5. The molecule has 2 unspecified atom stereocenters. The van der Waals surface area contributed by atoms with Crippen LogP contribution in [-0.4, -0.2) is 53.5 Å². The summed E-state index contributed by atoms with van der Waals surface area (Å²) in [5.41, 5.74) is 0.368. The summed E-state index contributed by atoms with van der Waals surface area (Å²) in [6, 6.07) is 6.80. The first-order valence-electron chi connectivity index (χ1n) is 8.46. The van der Waals surface area contributed by atoms with Gasteiger partial charge in [-0.15, -0.1) is 0 Å². The predicted molar refractivity (Wildman–Crippen MR) is 91.5 cm³/mol. The summed E-state index contributed by atoms with van der Waals surface area (Å²) in [5, 5.41) is 11.8. The summed E-state index contributed by atoms with van der Waals surface area (Å²) in [7, 11) is 0. The number of carbonyl (C=O) groups is 3. The van der Waals surface area contributed by atoms with Crippen molar-refractivity contribution in [1.29, 1.82) is 0 Å². The van der Waals surface area contributed by atoms with Crippen LogP contribution in [0, 0.1) is 5.92 Å². The minimum absolute atomic E-state index is 0.0317. The van der Waals surface area contributed by atoms with E-state index in [0.29, 0.717) is 30.8 Å². The van der Waals surface area contributed by atoms with Gasteiger partial charge >= 0.3 is 5.97 Å². The van der Waals surface area contributed by atoms with Gasteiger partial charge < -0.3 is 20.1 Å². The number of nitrogens with zero attached hydrogens (tertiary/aromatic N) is 1. The molecule has 0 aliphatic carbocycles. The second kappa shape index (κ2) is 8.50. The maximum absolute atomic E-state index is 12.4. The Morgan fingerprint density at radius 2 is 2.00 bits per heavy atom. The Morgan fingerprint density at radius 1 is 1.28 bits per heavy atom. The molecule has 1 aliphatic rings. The van der Waals surface area contributed by atoms with Gasteiger partial charge in [0.15, 0.2) is 0 Å². The van der Waals surface area contributed by atoms with Gasteiger partial charge in [0.05, 0.1) is 24.6 Å². The molecule has 1 heterocycles. The van der Waals surface area contributed by atoms with Crippen molar-refractivity contribution in [2.75, 3.05) is 19.7 Å². The zero-order chi connectivity index (χ0) is 18.4. The zero-order valence-corrected chi connectivity index (χ0v) is 14.5. The number of carbonyl (C=O) groups excluding carboxylic acids is 2. The van der Waals surface area contributed by atoms with Gasteiger partial charge in [0.1, 0.15) is 5.75 Å². The maximum Gasteiger partial charge on any atom is 0.308 e. The Balaban J connectivity index is 1.97. The first kappa shape index (κ1) is 18.8. The van der Waals surface area contributed by atoms with E-state index >= 15 is 0 Å². The molecule has 7 nitrogen and oxygen atoms in total. The monoisotopic (exact) mass is 348 g/mol. The van der Waals surface area contributed by atoms with Crippen molar-refractivity contribution in [1.82, 2.24) is 10.2 Å². The van der Waals surface area contributed by atoms with E-state index in [4.69, 9.17) is 9.84 Å². The first-order valence-corrected chi connectivity index (χ1v) is 8.46. The highest BCUT2D eigenvalue weighted by molar-refractivity contribution is 5.98. The van der Waals surface area contributed by atoms with Crippen molar-refractivity contribution in [3.8, 4) is 5.75 Å². The van der Waals surface area contributed by atoms with Gasteiger partial charge in [-0.1, -0.05) is 12.1 Å². The highest BCUT2D eigenvalue weighted by Crippen LogP contribution is 2.22. The van der Waals surface area contributed by atoms with Crippen LogP contribution < -0.4 is 10.1 Å². The molecule has 2 atom stereocenters. The molecule has 2 rings (SSSR count). The van der Waals surface area contributed by atoms with Crippen molar-refractivity contribution in [2.24, 2.45) is 5.92 Å². The number of benzene rings is 1. The van der Waals surface area contributed by atoms with Crippen LogP contribution in [-0.2, 0) is 9.59 Å². The summed E-state index contributed by atoms with van der Waals surface area (Å²) in [6.45, 7) is 4.17. The number of hydrogen-bond donors (Lipinski definition) is 2. The van der Waals surface area contributed by atoms with Crippen molar-refractivity contribution < 1.29 is 24.2 Å². The summed E-state index contributed by atoms with van der Waals surface area (Å²) in [6.07, 6.45) is 1.21. The van der Waals surface area contributed by atoms with Gasteiger partial charge in [0.2, 0.25) is 5.91 Å². The Kier molecular flexibility index (Phi) is 6.38. The fourth-order valence-electron chi connectivity index (χ4n) is 2.94. The quantitative estimate of drug-likeness (QED) is 0.813. The molecule has 0 bridgehead atoms. The number of likely N-dealkylation sites (tertiary alicyclic amines) is 1. The van der Waals surface area contributed by atoms with E-state index in [1.807, 2.05) is 13.8 Å². The third kappa shape index (κ3) is 4.71. The van der Waals surface area contributed by atoms with Crippen molar-refractivity contribution in [3.63, 3.8) is 0 Å². The van der Waals surface area contributed by atoms with E-state index < -0.39 is 17.8 Å². The number of hydrogen-bond acceptors (Lipinski definition) is 4. The Labute approximate surface area is 147 Å². The van der Waals surface area contributed by atoms with Crippen molar-refractivity contribution >= 4 is 17.8 Å². The third-order valence-electron chi connectivity index (χ3n) is 4.38. The Hall–Kier alpha value is -2.57. The molecular weight excluding hydrogens is 324 g/mol. The summed E-state index contributed by atoms with van der Waals surface area (Å²) < 4.78 is 5.42. The number of rotatable bonds is 6. The Bertz CT molecular complexity index is 646. The smallest absolute Gasteiger partial charge is 0.308 e. The minimum atomic E-state index is -0.889. The van der Waals surface area contributed by atoms with Gasteiger partial charge in [-0.05, 0) is 38.8 Å². The largest absolute Gasteiger partial charge is 0.493 e. The van der Waals surface area contributed by atoms with Gasteiger partial charge in [-0.2, -0.15) is 0 Å². The molecule has 1 aromatic carbocycles. The van der Waals surface area contributed by atoms with Crippen molar-refractivity contribution in [3.05, 3.63) is 29.8 Å². The lowest BCUT2D eigenvalue weighted by atomic mass is 9.93. The lowest BCUT2D eigenvalue weighted by molar-refractivity contribution is -0.146. The lowest BCUT2D eigenvalue weighted by Crippen LogP contribution is -2.50. The van der Waals surface area contributed by atoms with Gasteiger partial charge in [-0.3, -0.25) is 14.4 Å². The molecule has 1 fully saturated rings. The van der Waals surface area contributed by atoms with E-state index in [2.05, 4.69) is 5.32 Å². The van der Waals surface area contributed by atoms with Crippen LogP contribution in [0.25, 0.3) is 0 Å². The number of para-hydroxylation sites is 1. The van der Waals surface area contributed by atoms with Crippen LogP contribution >= 0.6 is 0 Å². The Morgan fingerprint density at radius 3 is 2.68 bits per heavy atom. The van der Waals surface area contributed by atoms with E-state index in [1.54, 1.807) is 24.3 Å². The van der Waals surface area contributed by atoms with E-state index in [0.717, 1.165) is 0 Å². The summed E-state index contributed by atoms with van der Waals surface area (Å²) in [4.78, 5) is 37.4. The standard InChI is InChI=1S/C18H24N2O5/c1-3-25-15-7-5-4-6-14(15)17(22)19-10-16(21)20-11-13(18(23)24)9-8-12(20)2/h4-7,12-13H,3,8-11H2,1-2H3,(H,19,22)(H,23,24). The molecule has 1 aromatic rings. The van der Waals surface area contributed by atoms with Gasteiger partial charge in [0.25, 0.3) is 5.91 Å². The van der Waals surface area contributed by atoms with E-state index in [9.17, 15) is 14.4 Å². The van der Waals surface area contributed by atoms with Crippen molar-refractivity contribution in [2.45, 2.75) is 32.7 Å². The summed E-state index contributed by atoms with van der Waals surface area (Å²) >= 11 is 0. The van der Waals surface area contributed by atoms with Gasteiger partial charge in [-0.25, -0.2) is 0 Å². The molecule has 0 radical (unpaired) electrons. The second-order valence-electron chi connectivity index (χ2n) is 6.12. The number of piperidine rings is 1. The molecule has 0 saturated carbocycles. The van der Waals surface area contributed by atoms with Crippen LogP contribution in [0.1, 0.15) is 37.0 Å². The minimum Gasteiger partial charge on any atom is -0.493 e. The molecule has 1 aliphatic heterocycles. The first-order chi connectivity index (χ1) is 11.9. The molecule has 0 spiro atoms. The number of nitrogens with one attached hydrogen (secondary N) is 1. The number of carboxylic acids is 1.